The lowest BCUT2D eigenvalue weighted by Crippen LogP contribution is -2.46. The number of hydrogen-bond acceptors (Lipinski definition) is 4. The Hall–Kier alpha value is -1.53. The second-order valence-electron chi connectivity index (χ2n) is 6.53. The van der Waals surface area contributed by atoms with Crippen LogP contribution in [0.1, 0.15) is 44.9 Å². The van der Waals surface area contributed by atoms with Crippen molar-refractivity contribution in [1.82, 2.24) is 20.4 Å². The number of hydrogen-bond donors (Lipinski definition) is 2. The van der Waals surface area contributed by atoms with Crippen LogP contribution in [-0.2, 0) is 0 Å². The molecule has 1 aromatic rings. The zero-order valence-corrected chi connectivity index (χ0v) is 16.1. The minimum Gasteiger partial charge on any atom is -0.468 e. The molecule has 1 atom stereocenters. The Balaban J connectivity index is 1.85. The standard InChI is InChI=1S/C19H35N5O/c1-4-23(5-2)14-11-21-19(20-3)22-16-17(18-10-9-15-25-18)24-12-7-6-8-13-24/h9-10,15,17H,4-8,11-14,16H2,1-3H3,(H2,20,21,22). The van der Waals surface area contributed by atoms with Crippen LogP contribution in [0.4, 0.5) is 0 Å². The van der Waals surface area contributed by atoms with Gasteiger partial charge in [-0.3, -0.25) is 9.89 Å². The van der Waals surface area contributed by atoms with Crippen LogP contribution in [0, 0.1) is 0 Å². The normalized spacial score (nSPS) is 17.7. The van der Waals surface area contributed by atoms with Crippen LogP contribution in [0.3, 0.4) is 0 Å². The minimum atomic E-state index is 0.261. The Morgan fingerprint density at radius 1 is 1.24 bits per heavy atom. The molecule has 6 heteroatoms. The highest BCUT2D eigenvalue weighted by molar-refractivity contribution is 5.79. The smallest absolute Gasteiger partial charge is 0.191 e. The van der Waals surface area contributed by atoms with Gasteiger partial charge in [-0.1, -0.05) is 20.3 Å². The van der Waals surface area contributed by atoms with Gasteiger partial charge in [0.25, 0.3) is 0 Å². The number of aliphatic imine (C=N–C) groups is 1. The van der Waals surface area contributed by atoms with Gasteiger partial charge in [0.05, 0.1) is 12.3 Å². The molecule has 25 heavy (non-hydrogen) atoms. The van der Waals surface area contributed by atoms with Crippen LogP contribution in [-0.4, -0.2) is 68.6 Å². The third kappa shape index (κ3) is 6.36. The average Bonchev–Trinajstić information content (AvgIpc) is 3.19. The van der Waals surface area contributed by atoms with Crippen LogP contribution < -0.4 is 10.6 Å². The molecule has 1 aliphatic rings. The van der Waals surface area contributed by atoms with E-state index in [-0.39, 0.29) is 6.04 Å². The largest absolute Gasteiger partial charge is 0.468 e. The second kappa shape index (κ2) is 11.2. The van der Waals surface area contributed by atoms with Gasteiger partial charge in [0.1, 0.15) is 5.76 Å². The number of likely N-dealkylation sites (N-methyl/N-ethyl adjacent to an activating group) is 1. The molecule has 0 saturated carbocycles. The molecule has 6 nitrogen and oxygen atoms in total. The number of rotatable bonds is 9. The summed E-state index contributed by atoms with van der Waals surface area (Å²) in [5.41, 5.74) is 0. The average molecular weight is 350 g/mol. The summed E-state index contributed by atoms with van der Waals surface area (Å²) in [6.07, 6.45) is 5.65. The van der Waals surface area contributed by atoms with E-state index in [2.05, 4.69) is 45.3 Å². The van der Waals surface area contributed by atoms with Crippen molar-refractivity contribution >= 4 is 5.96 Å². The molecular formula is C19H35N5O. The zero-order valence-electron chi connectivity index (χ0n) is 16.1. The van der Waals surface area contributed by atoms with Gasteiger partial charge in [-0.25, -0.2) is 0 Å². The lowest BCUT2D eigenvalue weighted by atomic mass is 10.1. The molecule has 2 rings (SSSR count). The van der Waals surface area contributed by atoms with E-state index >= 15 is 0 Å². The lowest BCUT2D eigenvalue weighted by Gasteiger charge is -2.33. The van der Waals surface area contributed by atoms with E-state index in [9.17, 15) is 0 Å². The summed E-state index contributed by atoms with van der Waals surface area (Å²) in [7, 11) is 1.83. The summed E-state index contributed by atoms with van der Waals surface area (Å²) in [6.45, 7) is 11.6. The van der Waals surface area contributed by atoms with Crippen molar-refractivity contribution < 1.29 is 4.42 Å². The Morgan fingerprint density at radius 3 is 2.60 bits per heavy atom. The van der Waals surface area contributed by atoms with Crippen LogP contribution in [0.5, 0.6) is 0 Å². The van der Waals surface area contributed by atoms with E-state index in [0.29, 0.717) is 0 Å². The van der Waals surface area contributed by atoms with Gasteiger partial charge in [0.15, 0.2) is 5.96 Å². The van der Waals surface area contributed by atoms with Crippen molar-refractivity contribution in [2.45, 2.75) is 39.2 Å². The molecular weight excluding hydrogens is 314 g/mol. The molecule has 1 fully saturated rings. The highest BCUT2D eigenvalue weighted by Crippen LogP contribution is 2.24. The predicted octanol–water partition coefficient (Wildman–Crippen LogP) is 2.31. The van der Waals surface area contributed by atoms with E-state index in [4.69, 9.17) is 4.42 Å². The first-order valence-electron chi connectivity index (χ1n) is 9.72. The highest BCUT2D eigenvalue weighted by Gasteiger charge is 2.24. The fourth-order valence-electron chi connectivity index (χ4n) is 3.41. The molecule has 0 spiro atoms. The van der Waals surface area contributed by atoms with Crippen molar-refractivity contribution in [1.29, 1.82) is 0 Å². The van der Waals surface area contributed by atoms with Gasteiger partial charge < -0.3 is 20.0 Å². The maximum absolute atomic E-state index is 5.71. The number of furan rings is 1. The van der Waals surface area contributed by atoms with Crippen molar-refractivity contribution in [3.63, 3.8) is 0 Å². The molecule has 1 aliphatic heterocycles. The number of guanidine groups is 1. The number of nitrogens with one attached hydrogen (secondary N) is 2. The van der Waals surface area contributed by atoms with Gasteiger partial charge in [-0.05, 0) is 51.2 Å². The fourth-order valence-corrected chi connectivity index (χ4v) is 3.41. The number of nitrogens with zero attached hydrogens (tertiary/aromatic N) is 3. The summed E-state index contributed by atoms with van der Waals surface area (Å²) in [6, 6.07) is 4.32. The van der Waals surface area contributed by atoms with E-state index in [0.717, 1.165) is 57.5 Å². The molecule has 0 radical (unpaired) electrons. The Kier molecular flexibility index (Phi) is 8.83. The first-order chi connectivity index (χ1) is 12.3. The first kappa shape index (κ1) is 19.8. The van der Waals surface area contributed by atoms with Gasteiger partial charge in [0, 0.05) is 26.7 Å². The Bertz CT molecular complexity index is 478. The van der Waals surface area contributed by atoms with E-state index in [1.165, 1.54) is 19.3 Å². The maximum atomic E-state index is 5.71. The minimum absolute atomic E-state index is 0.261. The quantitative estimate of drug-likeness (QED) is 0.529. The SMILES string of the molecule is CCN(CC)CCNC(=NC)NCC(c1ccco1)N1CCCCC1. The van der Waals surface area contributed by atoms with Gasteiger partial charge >= 0.3 is 0 Å². The van der Waals surface area contributed by atoms with Crippen molar-refractivity contribution in [3.05, 3.63) is 24.2 Å². The Morgan fingerprint density at radius 2 is 2.00 bits per heavy atom. The fraction of sp³-hybridized carbons (Fsp3) is 0.737. The maximum Gasteiger partial charge on any atom is 0.191 e. The predicted molar refractivity (Wildman–Crippen MR) is 104 cm³/mol. The van der Waals surface area contributed by atoms with E-state index in [1.807, 2.05) is 13.1 Å². The molecule has 0 bridgehead atoms. The van der Waals surface area contributed by atoms with Crippen molar-refractivity contribution in [3.8, 4) is 0 Å². The highest BCUT2D eigenvalue weighted by atomic mass is 16.3. The van der Waals surface area contributed by atoms with Crippen LogP contribution >= 0.6 is 0 Å². The van der Waals surface area contributed by atoms with Crippen molar-refractivity contribution in [2.75, 3.05) is 52.9 Å². The van der Waals surface area contributed by atoms with Gasteiger partial charge in [0.2, 0.25) is 0 Å². The number of piperidine rings is 1. The molecule has 1 aromatic heterocycles. The van der Waals surface area contributed by atoms with Crippen LogP contribution in [0.25, 0.3) is 0 Å². The molecule has 0 aliphatic carbocycles. The molecule has 2 heterocycles. The summed E-state index contributed by atoms with van der Waals surface area (Å²) >= 11 is 0. The third-order valence-electron chi connectivity index (χ3n) is 5.00. The monoisotopic (exact) mass is 349 g/mol. The van der Waals surface area contributed by atoms with E-state index in [1.54, 1.807) is 6.26 Å². The molecule has 142 valence electrons. The van der Waals surface area contributed by atoms with Gasteiger partial charge in [-0.15, -0.1) is 0 Å². The summed E-state index contributed by atoms with van der Waals surface area (Å²) < 4.78 is 5.71. The van der Waals surface area contributed by atoms with Crippen LogP contribution in [0.2, 0.25) is 0 Å². The zero-order chi connectivity index (χ0) is 17.9. The molecule has 2 N–H and O–H groups in total. The van der Waals surface area contributed by atoms with Gasteiger partial charge in [-0.2, -0.15) is 0 Å². The number of likely N-dealkylation sites (tertiary alicyclic amines) is 1. The Labute approximate surface area is 152 Å². The topological polar surface area (TPSA) is 56.0 Å². The third-order valence-corrected chi connectivity index (χ3v) is 5.00. The summed E-state index contributed by atoms with van der Waals surface area (Å²) in [4.78, 5) is 9.29. The summed E-state index contributed by atoms with van der Waals surface area (Å²) in [5, 5.41) is 6.90. The molecule has 1 saturated heterocycles. The molecule has 1 unspecified atom stereocenters. The second-order valence-corrected chi connectivity index (χ2v) is 6.53. The lowest BCUT2D eigenvalue weighted by molar-refractivity contribution is 0.146. The molecule has 0 aromatic carbocycles. The molecule has 0 amide bonds. The van der Waals surface area contributed by atoms with E-state index < -0.39 is 0 Å². The van der Waals surface area contributed by atoms with Crippen molar-refractivity contribution in [2.24, 2.45) is 4.99 Å². The summed E-state index contributed by atoms with van der Waals surface area (Å²) in [5.74, 6) is 1.90. The van der Waals surface area contributed by atoms with Crippen LogP contribution in [0.15, 0.2) is 27.8 Å². The first-order valence-corrected chi connectivity index (χ1v) is 9.72.